The minimum Gasteiger partial charge on any atom is -0.429 e. The highest BCUT2D eigenvalue weighted by molar-refractivity contribution is 5.89. The Morgan fingerprint density at radius 3 is 2.50 bits per heavy atom. The lowest BCUT2D eigenvalue weighted by Crippen LogP contribution is -2.35. The molecule has 1 aromatic carbocycles. The van der Waals surface area contributed by atoms with E-state index in [1.165, 1.54) is 0 Å². The predicted octanol–water partition coefficient (Wildman–Crippen LogP) is 0.301. The van der Waals surface area contributed by atoms with E-state index >= 15 is 0 Å². The second kappa shape index (κ2) is 6.21. The molecule has 1 fully saturated rings. The van der Waals surface area contributed by atoms with Crippen LogP contribution >= 0.6 is 0 Å². The number of hydrogen-bond acceptors (Lipinski definition) is 6. The van der Waals surface area contributed by atoms with Crippen LogP contribution in [0.3, 0.4) is 0 Å². The Bertz CT molecular complexity index is 547. The Labute approximate surface area is 122 Å². The first-order valence-corrected chi connectivity index (χ1v) is 6.24. The highest BCUT2D eigenvalue weighted by Gasteiger charge is 2.44. The van der Waals surface area contributed by atoms with Crippen molar-refractivity contribution >= 4 is 5.97 Å². The van der Waals surface area contributed by atoms with Crippen LogP contribution in [-0.4, -0.2) is 52.5 Å². The second-order valence-electron chi connectivity index (χ2n) is 4.69. The topological polar surface area (TPSA) is 96.2 Å². The van der Waals surface area contributed by atoms with Gasteiger partial charge < -0.3 is 24.8 Å². The van der Waals surface area contributed by atoms with Crippen LogP contribution in [-0.2, 0) is 15.7 Å². The highest BCUT2D eigenvalue weighted by Crippen LogP contribution is 2.30. The number of carbonyl (C=O) groups is 1. The molecule has 1 aliphatic rings. The molecule has 0 unspecified atom stereocenters. The van der Waals surface area contributed by atoms with Crippen LogP contribution in [0.25, 0.3) is 0 Å². The van der Waals surface area contributed by atoms with Gasteiger partial charge in [-0.1, -0.05) is 6.07 Å². The molecule has 0 radical (unpaired) electrons. The van der Waals surface area contributed by atoms with Crippen molar-refractivity contribution in [3.63, 3.8) is 0 Å². The number of benzene rings is 1. The Morgan fingerprint density at radius 1 is 1.27 bits per heavy atom. The van der Waals surface area contributed by atoms with E-state index in [4.69, 9.17) is 14.6 Å². The molecule has 1 saturated heterocycles. The molecule has 0 bridgehead atoms. The summed E-state index contributed by atoms with van der Waals surface area (Å²) in [5, 5.41) is 28.0. The standard InChI is InChI=1S/C13H13F3O6/c14-13(15,16)7-3-1-2-6(4-7)11(20)22-12-10(19)9(18)8(5-17)21-12/h1-4,8-10,12,17-19H,5H2/t8-,9+,10-,12-/m1/s1. The largest absolute Gasteiger partial charge is 0.429 e. The van der Waals surface area contributed by atoms with Crippen molar-refractivity contribution in [2.24, 2.45) is 0 Å². The van der Waals surface area contributed by atoms with Crippen LogP contribution in [0.5, 0.6) is 0 Å². The lowest BCUT2D eigenvalue weighted by molar-refractivity contribution is -0.139. The average Bonchev–Trinajstić information content (AvgIpc) is 2.74. The van der Waals surface area contributed by atoms with E-state index in [2.05, 4.69) is 0 Å². The Morgan fingerprint density at radius 2 is 1.95 bits per heavy atom. The number of hydrogen-bond donors (Lipinski definition) is 3. The van der Waals surface area contributed by atoms with Gasteiger partial charge in [-0.15, -0.1) is 0 Å². The normalized spacial score (nSPS) is 28.6. The third-order valence-corrected chi connectivity index (χ3v) is 3.15. The van der Waals surface area contributed by atoms with Gasteiger partial charge in [0, 0.05) is 0 Å². The van der Waals surface area contributed by atoms with Gasteiger partial charge in [0.05, 0.1) is 17.7 Å². The zero-order chi connectivity index (χ0) is 16.5. The Hall–Kier alpha value is -1.68. The number of aliphatic hydroxyl groups is 3. The van der Waals surface area contributed by atoms with Gasteiger partial charge in [-0.2, -0.15) is 13.2 Å². The zero-order valence-electron chi connectivity index (χ0n) is 11.0. The molecular formula is C13H13F3O6. The van der Waals surface area contributed by atoms with Crippen LogP contribution in [0.2, 0.25) is 0 Å². The summed E-state index contributed by atoms with van der Waals surface area (Å²) in [6.45, 7) is -0.615. The van der Waals surface area contributed by atoms with E-state index in [-0.39, 0.29) is 5.56 Å². The molecule has 4 atom stereocenters. The molecule has 1 heterocycles. The van der Waals surface area contributed by atoms with Gasteiger partial charge in [-0.25, -0.2) is 4.79 Å². The Balaban J connectivity index is 2.10. The third-order valence-electron chi connectivity index (χ3n) is 3.15. The fourth-order valence-corrected chi connectivity index (χ4v) is 1.96. The number of ether oxygens (including phenoxy) is 2. The number of halogens is 3. The zero-order valence-corrected chi connectivity index (χ0v) is 11.0. The lowest BCUT2D eigenvalue weighted by atomic mass is 10.1. The maximum Gasteiger partial charge on any atom is 0.416 e. The summed E-state index contributed by atoms with van der Waals surface area (Å²) in [5.74, 6) is -1.15. The van der Waals surface area contributed by atoms with Gasteiger partial charge in [0.15, 0.2) is 0 Å². The maximum absolute atomic E-state index is 12.6. The molecule has 0 aliphatic carbocycles. The molecule has 6 nitrogen and oxygen atoms in total. The molecule has 1 aliphatic heterocycles. The van der Waals surface area contributed by atoms with Gasteiger partial charge in [-0.3, -0.25) is 0 Å². The predicted molar refractivity (Wildman–Crippen MR) is 64.6 cm³/mol. The van der Waals surface area contributed by atoms with Crippen LogP contribution in [0.1, 0.15) is 15.9 Å². The average molecular weight is 322 g/mol. The smallest absolute Gasteiger partial charge is 0.416 e. The van der Waals surface area contributed by atoms with Crippen molar-refractivity contribution < 1.29 is 42.8 Å². The van der Waals surface area contributed by atoms with Crippen LogP contribution < -0.4 is 0 Å². The van der Waals surface area contributed by atoms with Gasteiger partial charge in [0.25, 0.3) is 0 Å². The minimum atomic E-state index is -4.61. The molecule has 3 N–H and O–H groups in total. The summed E-state index contributed by atoms with van der Waals surface area (Å²) >= 11 is 0. The third kappa shape index (κ3) is 3.38. The fraction of sp³-hybridized carbons (Fsp3) is 0.462. The lowest BCUT2D eigenvalue weighted by Gasteiger charge is -2.16. The summed E-state index contributed by atoms with van der Waals surface area (Å²) in [6, 6.07) is 3.54. The molecular weight excluding hydrogens is 309 g/mol. The summed E-state index contributed by atoms with van der Waals surface area (Å²) in [7, 11) is 0. The quantitative estimate of drug-likeness (QED) is 0.693. The Kier molecular flexibility index (Phi) is 4.71. The van der Waals surface area contributed by atoms with Gasteiger partial charge in [-0.05, 0) is 18.2 Å². The molecule has 0 spiro atoms. The first-order valence-electron chi connectivity index (χ1n) is 6.24. The summed E-state index contributed by atoms with van der Waals surface area (Å²) in [4.78, 5) is 11.8. The number of carbonyl (C=O) groups excluding carboxylic acids is 1. The van der Waals surface area contributed by atoms with Crippen molar-refractivity contribution in [2.45, 2.75) is 30.8 Å². The molecule has 0 amide bonds. The number of esters is 1. The minimum absolute atomic E-state index is 0.382. The van der Waals surface area contributed by atoms with E-state index in [9.17, 15) is 28.2 Å². The number of rotatable bonds is 3. The fourth-order valence-electron chi connectivity index (χ4n) is 1.96. The molecule has 1 aromatic rings. The van der Waals surface area contributed by atoms with Crippen molar-refractivity contribution in [1.29, 1.82) is 0 Å². The molecule has 22 heavy (non-hydrogen) atoms. The first-order chi connectivity index (χ1) is 10.2. The summed E-state index contributed by atoms with van der Waals surface area (Å²) < 4.78 is 47.3. The summed E-state index contributed by atoms with van der Waals surface area (Å²) in [6.07, 6.45) is -10.4. The van der Waals surface area contributed by atoms with E-state index in [1.807, 2.05) is 0 Å². The molecule has 9 heteroatoms. The molecule has 2 rings (SSSR count). The van der Waals surface area contributed by atoms with E-state index in [0.717, 1.165) is 18.2 Å². The van der Waals surface area contributed by atoms with Crippen LogP contribution in [0.4, 0.5) is 13.2 Å². The van der Waals surface area contributed by atoms with E-state index in [1.54, 1.807) is 0 Å². The van der Waals surface area contributed by atoms with Crippen molar-refractivity contribution in [3.8, 4) is 0 Å². The monoisotopic (exact) mass is 322 g/mol. The number of aliphatic hydroxyl groups excluding tert-OH is 3. The SMILES string of the molecule is O=C(O[C@H]1O[C@H](CO)[C@H](O)[C@H]1O)c1cccc(C(F)(F)F)c1. The summed E-state index contributed by atoms with van der Waals surface area (Å²) in [5.41, 5.74) is -1.41. The number of alkyl halides is 3. The van der Waals surface area contributed by atoms with E-state index < -0.39 is 48.9 Å². The molecule has 122 valence electrons. The first kappa shape index (κ1) is 16.7. The van der Waals surface area contributed by atoms with E-state index in [0.29, 0.717) is 6.07 Å². The highest BCUT2D eigenvalue weighted by atomic mass is 19.4. The van der Waals surface area contributed by atoms with Gasteiger partial charge in [0.2, 0.25) is 6.29 Å². The second-order valence-corrected chi connectivity index (χ2v) is 4.69. The van der Waals surface area contributed by atoms with Crippen molar-refractivity contribution in [2.75, 3.05) is 6.61 Å². The van der Waals surface area contributed by atoms with Crippen LogP contribution in [0.15, 0.2) is 24.3 Å². The molecule has 0 saturated carbocycles. The maximum atomic E-state index is 12.6. The van der Waals surface area contributed by atoms with Crippen molar-refractivity contribution in [3.05, 3.63) is 35.4 Å². The van der Waals surface area contributed by atoms with Crippen molar-refractivity contribution in [1.82, 2.24) is 0 Å². The van der Waals surface area contributed by atoms with Crippen LogP contribution in [0, 0.1) is 0 Å². The van der Waals surface area contributed by atoms with Gasteiger partial charge >= 0.3 is 12.1 Å². The van der Waals surface area contributed by atoms with Gasteiger partial charge in [0.1, 0.15) is 18.3 Å². The molecule has 0 aromatic heterocycles.